The smallest absolute Gasteiger partial charge is 0.0707 e. The van der Waals surface area contributed by atoms with Crippen LogP contribution in [0.4, 0.5) is 0 Å². The molecule has 3 heteroatoms. The lowest BCUT2D eigenvalue weighted by Crippen LogP contribution is -2.15. The first-order chi connectivity index (χ1) is 15.3. The summed E-state index contributed by atoms with van der Waals surface area (Å²) in [4.78, 5) is 0. The van der Waals surface area contributed by atoms with Crippen LogP contribution in [0.3, 0.4) is 0 Å². The Labute approximate surface area is 194 Å². The van der Waals surface area contributed by atoms with E-state index in [0.29, 0.717) is 23.8 Å². The van der Waals surface area contributed by atoms with Crippen molar-refractivity contribution in [3.05, 3.63) is 54.0 Å². The number of aromatic nitrogens is 3. The average molecular weight is 432 g/mol. The minimum absolute atomic E-state index is 0.441. The van der Waals surface area contributed by atoms with Gasteiger partial charge in [-0.1, -0.05) is 60.5 Å². The minimum Gasteiger partial charge on any atom is -0.320 e. The zero-order valence-corrected chi connectivity index (χ0v) is 21.0. The Morgan fingerprint density at radius 1 is 1.09 bits per heavy atom. The highest BCUT2D eigenvalue weighted by atomic mass is 15.3. The molecule has 1 atom stereocenters. The molecule has 3 nitrogen and oxygen atoms in total. The van der Waals surface area contributed by atoms with E-state index < -0.39 is 0 Å². The van der Waals surface area contributed by atoms with Crippen molar-refractivity contribution in [2.75, 3.05) is 0 Å². The zero-order valence-electron chi connectivity index (χ0n) is 21.0. The Hall–Kier alpha value is -2.29. The van der Waals surface area contributed by atoms with Crippen LogP contribution in [0.5, 0.6) is 0 Å². The summed E-state index contributed by atoms with van der Waals surface area (Å²) in [5, 5.41) is 4.78. The lowest BCUT2D eigenvalue weighted by molar-refractivity contribution is 0.332. The van der Waals surface area contributed by atoms with Crippen LogP contribution in [-0.2, 0) is 0 Å². The third kappa shape index (κ3) is 4.19. The SMILES string of the molecule is C=C(CC(C)C(C)C)c1cc2c(-c3ccnn3C3CCCCC3)ccn2c(C(C)C)c1C. The van der Waals surface area contributed by atoms with Crippen LogP contribution < -0.4 is 0 Å². The Bertz CT molecular complexity index is 1090. The third-order valence-electron chi connectivity index (χ3n) is 7.76. The number of rotatable bonds is 7. The van der Waals surface area contributed by atoms with Gasteiger partial charge in [-0.15, -0.1) is 0 Å². The molecule has 0 saturated heterocycles. The fraction of sp³-hybridized carbons (Fsp3) is 0.552. The normalized spacial score (nSPS) is 16.4. The molecule has 32 heavy (non-hydrogen) atoms. The van der Waals surface area contributed by atoms with Gasteiger partial charge in [-0.25, -0.2) is 0 Å². The van der Waals surface area contributed by atoms with E-state index in [4.69, 9.17) is 5.10 Å². The van der Waals surface area contributed by atoms with E-state index in [-0.39, 0.29) is 0 Å². The first kappa shape index (κ1) is 22.9. The summed E-state index contributed by atoms with van der Waals surface area (Å²) in [5.41, 5.74) is 9.19. The maximum atomic E-state index is 4.78. The van der Waals surface area contributed by atoms with Crippen molar-refractivity contribution in [2.45, 2.75) is 92.0 Å². The fourth-order valence-corrected chi connectivity index (χ4v) is 5.54. The highest BCUT2D eigenvalue weighted by Crippen LogP contribution is 2.38. The van der Waals surface area contributed by atoms with Gasteiger partial charge in [0, 0.05) is 23.7 Å². The number of hydrogen-bond donors (Lipinski definition) is 0. The second-order valence-corrected chi connectivity index (χ2v) is 10.7. The molecule has 0 N–H and O–H groups in total. The van der Waals surface area contributed by atoms with Crippen molar-refractivity contribution >= 4 is 11.1 Å². The summed E-state index contributed by atoms with van der Waals surface area (Å²) in [6, 6.07) is 7.42. The average Bonchev–Trinajstić information content (AvgIpc) is 3.39. The van der Waals surface area contributed by atoms with Gasteiger partial charge in [-0.2, -0.15) is 5.10 Å². The van der Waals surface area contributed by atoms with Crippen molar-refractivity contribution in [3.63, 3.8) is 0 Å². The van der Waals surface area contributed by atoms with E-state index in [9.17, 15) is 0 Å². The van der Waals surface area contributed by atoms with E-state index in [2.05, 4.69) is 81.6 Å². The van der Waals surface area contributed by atoms with Crippen LogP contribution in [-0.4, -0.2) is 14.2 Å². The van der Waals surface area contributed by atoms with Crippen LogP contribution in [0.15, 0.2) is 37.2 Å². The van der Waals surface area contributed by atoms with Gasteiger partial charge in [0.25, 0.3) is 0 Å². The molecule has 0 aliphatic heterocycles. The molecule has 1 aliphatic carbocycles. The number of pyridine rings is 1. The molecular weight excluding hydrogens is 390 g/mol. The molecule has 3 aromatic heterocycles. The van der Waals surface area contributed by atoms with Crippen molar-refractivity contribution in [1.82, 2.24) is 14.2 Å². The van der Waals surface area contributed by atoms with E-state index >= 15 is 0 Å². The Morgan fingerprint density at radius 3 is 2.47 bits per heavy atom. The standard InChI is InChI=1S/C29H41N3/c1-19(2)21(5)17-22(6)26-18-28-25(14-16-31(28)29(20(3)4)23(26)7)27-13-15-30-32(27)24-11-9-8-10-12-24/h13-16,18-21,24H,6,8-12,17H2,1-5,7H3. The van der Waals surface area contributed by atoms with Crippen LogP contribution >= 0.6 is 0 Å². The summed E-state index contributed by atoms with van der Waals surface area (Å²) in [5.74, 6) is 1.73. The van der Waals surface area contributed by atoms with Gasteiger partial charge in [0.1, 0.15) is 0 Å². The molecule has 0 spiro atoms. The lowest BCUT2D eigenvalue weighted by Gasteiger charge is -2.24. The summed E-state index contributed by atoms with van der Waals surface area (Å²) in [7, 11) is 0. The Balaban J connectivity index is 1.84. The highest BCUT2D eigenvalue weighted by molar-refractivity contribution is 5.83. The zero-order chi connectivity index (χ0) is 23.0. The van der Waals surface area contributed by atoms with Gasteiger partial charge in [-0.05, 0) is 78.8 Å². The molecule has 1 aliphatic rings. The predicted octanol–water partition coefficient (Wildman–Crippen LogP) is 8.44. The molecule has 3 aromatic rings. The van der Waals surface area contributed by atoms with Crippen molar-refractivity contribution in [3.8, 4) is 11.3 Å². The summed E-state index contributed by atoms with van der Waals surface area (Å²) in [6.07, 6.45) is 11.8. The molecule has 3 heterocycles. The molecule has 172 valence electrons. The topological polar surface area (TPSA) is 22.2 Å². The summed E-state index contributed by atoms with van der Waals surface area (Å²) in [6.45, 7) is 18.4. The maximum Gasteiger partial charge on any atom is 0.0707 e. The molecule has 1 saturated carbocycles. The number of allylic oxidation sites excluding steroid dienone is 1. The van der Waals surface area contributed by atoms with Crippen molar-refractivity contribution in [2.24, 2.45) is 11.8 Å². The van der Waals surface area contributed by atoms with E-state index in [1.807, 2.05) is 6.20 Å². The molecule has 0 bridgehead atoms. The first-order valence-corrected chi connectivity index (χ1v) is 12.7. The molecule has 1 unspecified atom stereocenters. The Kier molecular flexibility index (Phi) is 6.65. The molecule has 1 fully saturated rings. The number of hydrogen-bond acceptors (Lipinski definition) is 1. The monoisotopic (exact) mass is 431 g/mol. The van der Waals surface area contributed by atoms with Crippen LogP contribution in [0.2, 0.25) is 0 Å². The number of fused-ring (bicyclic) bond motifs is 1. The van der Waals surface area contributed by atoms with Gasteiger partial charge in [0.05, 0.1) is 17.3 Å². The van der Waals surface area contributed by atoms with Crippen LogP contribution in [0, 0.1) is 18.8 Å². The van der Waals surface area contributed by atoms with Gasteiger partial charge in [-0.3, -0.25) is 4.68 Å². The first-order valence-electron chi connectivity index (χ1n) is 12.7. The summed E-state index contributed by atoms with van der Waals surface area (Å²) >= 11 is 0. The molecular formula is C29H41N3. The Morgan fingerprint density at radius 2 is 1.81 bits per heavy atom. The van der Waals surface area contributed by atoms with Crippen LogP contribution in [0.1, 0.15) is 102 Å². The van der Waals surface area contributed by atoms with E-state index in [1.54, 1.807) is 0 Å². The quantitative estimate of drug-likeness (QED) is 0.368. The maximum absolute atomic E-state index is 4.78. The predicted molar refractivity (Wildman–Crippen MR) is 137 cm³/mol. The molecule has 0 radical (unpaired) electrons. The highest BCUT2D eigenvalue weighted by Gasteiger charge is 2.23. The minimum atomic E-state index is 0.441. The van der Waals surface area contributed by atoms with Crippen molar-refractivity contribution < 1.29 is 0 Å². The second-order valence-electron chi connectivity index (χ2n) is 10.7. The van der Waals surface area contributed by atoms with Gasteiger partial charge in [0.15, 0.2) is 0 Å². The summed E-state index contributed by atoms with van der Waals surface area (Å²) < 4.78 is 4.72. The van der Waals surface area contributed by atoms with Gasteiger partial charge in [0.2, 0.25) is 0 Å². The lowest BCUT2D eigenvalue weighted by atomic mass is 9.86. The fourth-order valence-electron chi connectivity index (χ4n) is 5.54. The third-order valence-corrected chi connectivity index (χ3v) is 7.76. The van der Waals surface area contributed by atoms with E-state index in [1.165, 1.54) is 71.3 Å². The van der Waals surface area contributed by atoms with E-state index in [0.717, 1.165) is 6.42 Å². The second kappa shape index (κ2) is 9.29. The van der Waals surface area contributed by atoms with Crippen LogP contribution in [0.25, 0.3) is 22.3 Å². The van der Waals surface area contributed by atoms with Crippen molar-refractivity contribution in [1.29, 1.82) is 0 Å². The molecule has 4 rings (SSSR count). The number of nitrogens with zero attached hydrogens (tertiary/aromatic N) is 3. The molecule has 0 aromatic carbocycles. The van der Waals surface area contributed by atoms with Gasteiger partial charge < -0.3 is 4.40 Å². The largest absolute Gasteiger partial charge is 0.320 e. The van der Waals surface area contributed by atoms with Gasteiger partial charge >= 0.3 is 0 Å². The molecule has 0 amide bonds.